The van der Waals surface area contributed by atoms with Crippen LogP contribution in [0.4, 0.5) is 5.00 Å². The minimum atomic E-state index is -0.574. The highest BCUT2D eigenvalue weighted by molar-refractivity contribution is 7.98. The normalized spacial score (nSPS) is 10.7. The van der Waals surface area contributed by atoms with Crippen LogP contribution in [0.3, 0.4) is 0 Å². The summed E-state index contributed by atoms with van der Waals surface area (Å²) >= 11 is 2.29. The van der Waals surface area contributed by atoms with Gasteiger partial charge in [0.1, 0.15) is 9.88 Å². The molecule has 29 heavy (non-hydrogen) atoms. The van der Waals surface area contributed by atoms with E-state index in [9.17, 15) is 9.59 Å². The Bertz CT molecular complexity index is 1000. The first-order chi connectivity index (χ1) is 14.1. The van der Waals surface area contributed by atoms with E-state index >= 15 is 0 Å². The van der Waals surface area contributed by atoms with Crippen molar-refractivity contribution < 1.29 is 19.1 Å². The number of carbonyl (C=O) groups is 2. The zero-order valence-corrected chi connectivity index (χ0v) is 17.5. The number of esters is 2. The lowest BCUT2D eigenvalue weighted by Gasteiger charge is -2.08. The number of carbonyl (C=O) groups excluding carboxylic acids is 2. The molecule has 0 spiro atoms. The van der Waals surface area contributed by atoms with E-state index in [1.807, 2.05) is 30.3 Å². The maximum atomic E-state index is 12.4. The molecule has 0 saturated carbocycles. The Morgan fingerprint density at radius 2 is 1.83 bits per heavy atom. The number of nitrogens with zero attached hydrogens (tertiary/aromatic N) is 4. The number of nitrogen functional groups attached to an aromatic ring is 1. The summed E-state index contributed by atoms with van der Waals surface area (Å²) in [7, 11) is 0. The predicted molar refractivity (Wildman–Crippen MR) is 109 cm³/mol. The standard InChI is InChI=1S/C18H19N5O4S2/c1-3-26-16(24)13-12(14(29-15(13)19)17(25)27-4-2)10-28-18-20-21-22-23(18)11-8-6-5-7-9-11/h5-9H,3-4,10,19H2,1-2H3. The fourth-order valence-electron chi connectivity index (χ4n) is 2.55. The van der Waals surface area contributed by atoms with E-state index in [0.29, 0.717) is 10.7 Å². The molecule has 2 N–H and O–H groups in total. The van der Waals surface area contributed by atoms with Crippen LogP contribution in [0.5, 0.6) is 0 Å². The second kappa shape index (κ2) is 9.52. The molecule has 0 unspecified atom stereocenters. The van der Waals surface area contributed by atoms with Crippen molar-refractivity contribution in [3.05, 3.63) is 46.3 Å². The number of nitrogens with two attached hydrogens (primary N) is 1. The van der Waals surface area contributed by atoms with Crippen molar-refractivity contribution in [1.82, 2.24) is 20.2 Å². The van der Waals surface area contributed by atoms with Gasteiger partial charge < -0.3 is 15.2 Å². The van der Waals surface area contributed by atoms with Gasteiger partial charge in [-0.05, 0) is 36.4 Å². The van der Waals surface area contributed by atoms with Gasteiger partial charge in [0.15, 0.2) is 0 Å². The van der Waals surface area contributed by atoms with E-state index in [1.54, 1.807) is 18.5 Å². The van der Waals surface area contributed by atoms with Gasteiger partial charge >= 0.3 is 11.9 Å². The molecule has 0 amide bonds. The Morgan fingerprint density at radius 1 is 1.14 bits per heavy atom. The van der Waals surface area contributed by atoms with E-state index in [4.69, 9.17) is 15.2 Å². The van der Waals surface area contributed by atoms with Crippen molar-refractivity contribution in [2.75, 3.05) is 18.9 Å². The van der Waals surface area contributed by atoms with Crippen molar-refractivity contribution >= 4 is 40.0 Å². The summed E-state index contributed by atoms with van der Waals surface area (Å²) in [6.07, 6.45) is 0. The zero-order chi connectivity index (χ0) is 20.8. The molecule has 3 aromatic rings. The van der Waals surface area contributed by atoms with Gasteiger partial charge in [0, 0.05) is 11.3 Å². The maximum absolute atomic E-state index is 12.4. The molecular weight excluding hydrogens is 414 g/mol. The lowest BCUT2D eigenvalue weighted by Crippen LogP contribution is -2.11. The number of anilines is 1. The third kappa shape index (κ3) is 4.57. The largest absolute Gasteiger partial charge is 0.462 e. The first-order valence-electron chi connectivity index (χ1n) is 8.78. The molecule has 0 saturated heterocycles. The number of ether oxygens (including phenoxy) is 2. The first kappa shape index (κ1) is 20.8. The van der Waals surface area contributed by atoms with Crippen molar-refractivity contribution in [2.24, 2.45) is 0 Å². The average molecular weight is 434 g/mol. The van der Waals surface area contributed by atoms with Crippen LogP contribution in [-0.4, -0.2) is 45.4 Å². The van der Waals surface area contributed by atoms with Crippen LogP contribution in [-0.2, 0) is 15.2 Å². The number of hydrogen-bond acceptors (Lipinski definition) is 10. The summed E-state index contributed by atoms with van der Waals surface area (Å²) in [6.45, 7) is 3.82. The first-order valence-corrected chi connectivity index (χ1v) is 10.6. The number of thiophene rings is 1. The molecular formula is C18H19N5O4S2. The van der Waals surface area contributed by atoms with E-state index in [-0.39, 0.29) is 34.4 Å². The monoisotopic (exact) mass is 433 g/mol. The van der Waals surface area contributed by atoms with Gasteiger partial charge in [0.2, 0.25) is 5.16 Å². The van der Waals surface area contributed by atoms with E-state index in [0.717, 1.165) is 17.0 Å². The van der Waals surface area contributed by atoms with Crippen LogP contribution in [0.2, 0.25) is 0 Å². The van der Waals surface area contributed by atoms with Crippen molar-refractivity contribution in [1.29, 1.82) is 0 Å². The summed E-state index contributed by atoms with van der Waals surface area (Å²) < 4.78 is 11.8. The Hall–Kier alpha value is -2.92. The zero-order valence-electron chi connectivity index (χ0n) is 15.8. The molecule has 3 rings (SSSR count). The van der Waals surface area contributed by atoms with Crippen LogP contribution < -0.4 is 5.73 Å². The molecule has 152 valence electrons. The Labute approximate surface area is 175 Å². The highest BCUT2D eigenvalue weighted by Gasteiger charge is 2.28. The predicted octanol–water partition coefficient (Wildman–Crippen LogP) is 2.95. The summed E-state index contributed by atoms with van der Waals surface area (Å²) in [5.74, 6) is -0.864. The van der Waals surface area contributed by atoms with Crippen LogP contribution in [0.15, 0.2) is 35.5 Å². The molecule has 0 radical (unpaired) electrons. The van der Waals surface area contributed by atoms with Gasteiger partial charge in [-0.3, -0.25) is 0 Å². The van der Waals surface area contributed by atoms with Crippen LogP contribution >= 0.6 is 23.1 Å². The summed E-state index contributed by atoms with van der Waals surface area (Å²) in [5, 5.41) is 12.5. The molecule has 0 aliphatic carbocycles. The number of aromatic nitrogens is 4. The van der Waals surface area contributed by atoms with E-state index in [1.165, 1.54) is 11.8 Å². The van der Waals surface area contributed by atoms with Crippen LogP contribution in [0, 0.1) is 0 Å². The Kier molecular flexibility index (Phi) is 6.83. The second-order valence-electron chi connectivity index (χ2n) is 5.59. The van der Waals surface area contributed by atoms with Gasteiger partial charge in [-0.25, -0.2) is 9.59 Å². The lowest BCUT2D eigenvalue weighted by atomic mass is 10.1. The quantitative estimate of drug-likeness (QED) is 0.422. The highest BCUT2D eigenvalue weighted by Crippen LogP contribution is 2.36. The maximum Gasteiger partial charge on any atom is 0.348 e. The average Bonchev–Trinajstić information content (AvgIpc) is 3.31. The molecule has 11 heteroatoms. The fourth-order valence-corrected chi connectivity index (χ4v) is 4.53. The van der Waals surface area contributed by atoms with Gasteiger partial charge in [-0.15, -0.1) is 16.4 Å². The van der Waals surface area contributed by atoms with Crippen molar-refractivity contribution in [2.45, 2.75) is 24.8 Å². The number of hydrogen-bond donors (Lipinski definition) is 1. The van der Waals surface area contributed by atoms with Crippen molar-refractivity contribution in [3.63, 3.8) is 0 Å². The van der Waals surface area contributed by atoms with Gasteiger partial charge in [-0.1, -0.05) is 30.0 Å². The molecule has 0 aliphatic heterocycles. The van der Waals surface area contributed by atoms with Crippen molar-refractivity contribution in [3.8, 4) is 5.69 Å². The lowest BCUT2D eigenvalue weighted by molar-refractivity contribution is 0.0527. The number of thioether (sulfide) groups is 1. The number of rotatable bonds is 8. The minimum absolute atomic E-state index is 0.186. The van der Waals surface area contributed by atoms with Gasteiger partial charge in [0.05, 0.1) is 24.5 Å². The Morgan fingerprint density at radius 3 is 2.52 bits per heavy atom. The number of para-hydroxylation sites is 1. The third-order valence-electron chi connectivity index (χ3n) is 3.76. The number of benzene rings is 1. The molecule has 2 aromatic heterocycles. The Balaban J connectivity index is 1.93. The molecule has 0 fully saturated rings. The molecule has 1 aromatic carbocycles. The topological polar surface area (TPSA) is 122 Å². The van der Waals surface area contributed by atoms with E-state index in [2.05, 4.69) is 15.5 Å². The summed E-state index contributed by atoms with van der Waals surface area (Å²) in [5.41, 5.74) is 7.47. The molecule has 0 bridgehead atoms. The molecule has 0 aliphatic rings. The van der Waals surface area contributed by atoms with Crippen LogP contribution in [0.1, 0.15) is 39.4 Å². The number of tetrazole rings is 1. The summed E-state index contributed by atoms with van der Waals surface area (Å²) in [6, 6.07) is 9.39. The molecule has 0 atom stereocenters. The van der Waals surface area contributed by atoms with Gasteiger partial charge in [0.25, 0.3) is 0 Å². The summed E-state index contributed by atoms with van der Waals surface area (Å²) in [4.78, 5) is 25.1. The van der Waals surface area contributed by atoms with Crippen LogP contribution in [0.25, 0.3) is 5.69 Å². The molecule has 9 nitrogen and oxygen atoms in total. The van der Waals surface area contributed by atoms with E-state index < -0.39 is 11.9 Å². The fraction of sp³-hybridized carbons (Fsp3) is 0.278. The molecule has 2 heterocycles. The SMILES string of the molecule is CCOC(=O)c1sc(N)c(C(=O)OCC)c1CSc1nnnn1-c1ccccc1. The third-order valence-corrected chi connectivity index (χ3v) is 5.75. The minimum Gasteiger partial charge on any atom is -0.462 e. The highest BCUT2D eigenvalue weighted by atomic mass is 32.2. The second-order valence-corrected chi connectivity index (χ2v) is 7.58. The van der Waals surface area contributed by atoms with Gasteiger partial charge in [-0.2, -0.15) is 4.68 Å². The smallest absolute Gasteiger partial charge is 0.348 e.